The highest BCUT2D eigenvalue weighted by Crippen LogP contribution is 2.15. The zero-order chi connectivity index (χ0) is 9.26. The fraction of sp³-hybridized carbons (Fsp3) is 0.875. The van der Waals surface area contributed by atoms with Gasteiger partial charge in [0.2, 0.25) is 5.91 Å². The molecule has 3 N–H and O–H groups in total. The van der Waals surface area contributed by atoms with Gasteiger partial charge in [0.25, 0.3) is 0 Å². The van der Waals surface area contributed by atoms with Gasteiger partial charge in [0.15, 0.2) is 0 Å². The third-order valence-electron chi connectivity index (χ3n) is 2.55. The molecule has 2 rings (SSSR count). The lowest BCUT2D eigenvalue weighted by molar-refractivity contribution is -0.131. The molecule has 0 aromatic carbocycles. The first-order valence-corrected chi connectivity index (χ1v) is 5.78. The van der Waals surface area contributed by atoms with Crippen molar-refractivity contribution in [2.45, 2.75) is 18.5 Å². The number of carbonyl (C=O) groups excluding carboxylic acids is 1. The van der Waals surface area contributed by atoms with E-state index >= 15 is 0 Å². The van der Waals surface area contributed by atoms with Crippen molar-refractivity contribution in [2.75, 3.05) is 24.7 Å². The molecule has 2 aliphatic heterocycles. The van der Waals surface area contributed by atoms with Gasteiger partial charge in [-0.25, -0.2) is 0 Å². The summed E-state index contributed by atoms with van der Waals surface area (Å²) in [4.78, 5) is 13.7. The molecule has 0 radical (unpaired) electrons. The van der Waals surface area contributed by atoms with Gasteiger partial charge in [-0.05, 0) is 6.42 Å². The topological polar surface area (TPSA) is 58.4 Å². The van der Waals surface area contributed by atoms with Crippen LogP contribution in [-0.4, -0.2) is 47.6 Å². The highest BCUT2D eigenvalue weighted by molar-refractivity contribution is 7.99. The van der Waals surface area contributed by atoms with Gasteiger partial charge in [-0.15, -0.1) is 24.2 Å². The Morgan fingerprint density at radius 3 is 2.86 bits per heavy atom. The van der Waals surface area contributed by atoms with Crippen LogP contribution in [0.1, 0.15) is 6.42 Å². The van der Waals surface area contributed by atoms with E-state index < -0.39 is 0 Å². The van der Waals surface area contributed by atoms with Crippen molar-refractivity contribution in [3.8, 4) is 0 Å². The van der Waals surface area contributed by atoms with E-state index in [4.69, 9.17) is 5.73 Å². The van der Waals surface area contributed by atoms with E-state index in [1.807, 2.05) is 4.90 Å². The number of nitrogens with zero attached hydrogens (tertiary/aromatic N) is 1. The minimum atomic E-state index is 0. The summed E-state index contributed by atoms with van der Waals surface area (Å²) in [5.74, 6) is 2.04. The minimum absolute atomic E-state index is 0. The normalized spacial score (nSPS) is 31.6. The summed E-state index contributed by atoms with van der Waals surface area (Å²) in [6, 6.07) is 0.230. The quantitative estimate of drug-likeness (QED) is 0.654. The molecule has 0 aliphatic carbocycles. The third-order valence-corrected chi connectivity index (χ3v) is 3.49. The van der Waals surface area contributed by atoms with E-state index in [1.165, 1.54) is 0 Å². The second-order valence-electron chi connectivity index (χ2n) is 3.60. The number of hydrogen-bond acceptors (Lipinski definition) is 4. The number of rotatable bonds is 1. The molecule has 2 atom stereocenters. The molecule has 2 heterocycles. The number of likely N-dealkylation sites (tertiary alicyclic amines) is 1. The van der Waals surface area contributed by atoms with Crippen LogP contribution in [0.4, 0.5) is 0 Å². The average Bonchev–Trinajstić information content (AvgIpc) is 2.72. The van der Waals surface area contributed by atoms with Gasteiger partial charge in [-0.1, -0.05) is 0 Å². The molecule has 2 aliphatic rings. The van der Waals surface area contributed by atoms with E-state index in [1.54, 1.807) is 11.8 Å². The molecule has 82 valence electrons. The standard InChI is InChI=1S/C8H15N3OS.ClH/c9-6-1-2-11(3-6)8(12)7-4-13-5-10-7;/h6-7,10H,1-5,9H2;1H/t6-,7-;/m1./s1. The van der Waals surface area contributed by atoms with E-state index in [0.717, 1.165) is 31.1 Å². The molecule has 14 heavy (non-hydrogen) atoms. The second kappa shape index (κ2) is 5.21. The Kier molecular flexibility index (Phi) is 4.50. The van der Waals surface area contributed by atoms with Gasteiger partial charge in [-0.3, -0.25) is 10.1 Å². The Hall–Kier alpha value is 0.0300. The van der Waals surface area contributed by atoms with Crippen LogP contribution in [0.15, 0.2) is 0 Å². The van der Waals surface area contributed by atoms with Crippen LogP contribution >= 0.6 is 24.2 Å². The Bertz CT molecular complexity index is 211. The molecule has 1 amide bonds. The van der Waals surface area contributed by atoms with Crippen molar-refractivity contribution in [1.82, 2.24) is 10.2 Å². The molecule has 0 unspecified atom stereocenters. The fourth-order valence-electron chi connectivity index (χ4n) is 1.76. The fourth-order valence-corrected chi connectivity index (χ4v) is 2.69. The second-order valence-corrected chi connectivity index (χ2v) is 4.64. The molecule has 0 bridgehead atoms. The largest absolute Gasteiger partial charge is 0.340 e. The van der Waals surface area contributed by atoms with Crippen molar-refractivity contribution in [3.05, 3.63) is 0 Å². The van der Waals surface area contributed by atoms with E-state index in [0.29, 0.717) is 0 Å². The molecule has 6 heteroatoms. The summed E-state index contributed by atoms with van der Waals surface area (Å²) < 4.78 is 0. The van der Waals surface area contributed by atoms with E-state index in [-0.39, 0.29) is 30.4 Å². The van der Waals surface area contributed by atoms with Gasteiger partial charge in [-0.2, -0.15) is 0 Å². The van der Waals surface area contributed by atoms with Crippen LogP contribution in [0, 0.1) is 0 Å². The van der Waals surface area contributed by atoms with E-state index in [2.05, 4.69) is 5.32 Å². The van der Waals surface area contributed by atoms with Crippen molar-refractivity contribution in [1.29, 1.82) is 0 Å². The van der Waals surface area contributed by atoms with E-state index in [9.17, 15) is 4.79 Å². The molecular formula is C8H16ClN3OS. The molecular weight excluding hydrogens is 222 g/mol. The predicted octanol–water partition coefficient (Wildman–Crippen LogP) is -0.370. The Balaban J connectivity index is 0.000000980. The number of amides is 1. The lowest BCUT2D eigenvalue weighted by Gasteiger charge is -2.19. The van der Waals surface area contributed by atoms with Crippen LogP contribution < -0.4 is 11.1 Å². The highest BCUT2D eigenvalue weighted by atomic mass is 35.5. The first-order chi connectivity index (χ1) is 6.27. The van der Waals surface area contributed by atoms with Crippen LogP contribution in [0.25, 0.3) is 0 Å². The van der Waals surface area contributed by atoms with Gasteiger partial charge in [0.1, 0.15) is 0 Å². The van der Waals surface area contributed by atoms with Crippen LogP contribution in [0.2, 0.25) is 0 Å². The van der Waals surface area contributed by atoms with Gasteiger partial charge in [0, 0.05) is 30.8 Å². The maximum atomic E-state index is 11.8. The molecule has 0 aromatic rings. The summed E-state index contributed by atoms with van der Waals surface area (Å²) in [7, 11) is 0. The Labute approximate surface area is 94.4 Å². The molecule has 0 aromatic heterocycles. The number of carbonyl (C=O) groups is 1. The van der Waals surface area contributed by atoms with Crippen LogP contribution in [0.3, 0.4) is 0 Å². The van der Waals surface area contributed by atoms with Crippen molar-refractivity contribution in [2.24, 2.45) is 5.73 Å². The minimum Gasteiger partial charge on any atom is -0.340 e. The SMILES string of the molecule is Cl.N[C@@H]1CCN(C(=O)[C@H]2CSCN2)C1. The summed E-state index contributed by atoms with van der Waals surface area (Å²) >= 11 is 1.78. The zero-order valence-electron chi connectivity index (χ0n) is 7.94. The molecule has 2 saturated heterocycles. The maximum Gasteiger partial charge on any atom is 0.240 e. The number of nitrogens with one attached hydrogen (secondary N) is 1. The van der Waals surface area contributed by atoms with Crippen molar-refractivity contribution < 1.29 is 4.79 Å². The highest BCUT2D eigenvalue weighted by Gasteiger charge is 2.30. The third kappa shape index (κ3) is 2.53. The summed E-state index contributed by atoms with van der Waals surface area (Å²) in [5, 5.41) is 3.18. The van der Waals surface area contributed by atoms with Gasteiger partial charge < -0.3 is 10.6 Å². The summed E-state index contributed by atoms with van der Waals surface area (Å²) in [6.07, 6.45) is 0.950. The average molecular weight is 238 g/mol. The summed E-state index contributed by atoms with van der Waals surface area (Å²) in [5.41, 5.74) is 5.74. The van der Waals surface area contributed by atoms with Gasteiger partial charge in [0.05, 0.1) is 6.04 Å². The van der Waals surface area contributed by atoms with Crippen molar-refractivity contribution in [3.63, 3.8) is 0 Å². The summed E-state index contributed by atoms with van der Waals surface area (Å²) in [6.45, 7) is 1.57. The zero-order valence-corrected chi connectivity index (χ0v) is 9.57. The van der Waals surface area contributed by atoms with Crippen LogP contribution in [-0.2, 0) is 4.79 Å². The first kappa shape index (κ1) is 12.1. The Morgan fingerprint density at radius 1 is 1.57 bits per heavy atom. The Morgan fingerprint density at radius 2 is 2.36 bits per heavy atom. The number of nitrogens with two attached hydrogens (primary N) is 1. The predicted molar refractivity (Wildman–Crippen MR) is 60.7 cm³/mol. The molecule has 4 nitrogen and oxygen atoms in total. The first-order valence-electron chi connectivity index (χ1n) is 4.63. The lowest BCUT2D eigenvalue weighted by Crippen LogP contribution is -2.44. The number of hydrogen-bond donors (Lipinski definition) is 2. The number of halogens is 1. The maximum absolute atomic E-state index is 11.8. The lowest BCUT2D eigenvalue weighted by atomic mass is 10.3. The van der Waals surface area contributed by atoms with Gasteiger partial charge >= 0.3 is 0 Å². The number of thioether (sulfide) groups is 1. The molecule has 0 spiro atoms. The smallest absolute Gasteiger partial charge is 0.240 e. The molecule has 2 fully saturated rings. The molecule has 0 saturated carbocycles. The van der Waals surface area contributed by atoms with Crippen LogP contribution in [0.5, 0.6) is 0 Å². The van der Waals surface area contributed by atoms with Crippen molar-refractivity contribution >= 4 is 30.1 Å². The monoisotopic (exact) mass is 237 g/mol.